The summed E-state index contributed by atoms with van der Waals surface area (Å²) >= 11 is 0. The van der Waals surface area contributed by atoms with Crippen molar-refractivity contribution < 1.29 is 15.7 Å². The lowest BCUT2D eigenvalue weighted by molar-refractivity contribution is 0.403. The molecule has 5 heteroatoms. The zero-order valence-electron chi connectivity index (χ0n) is 7.03. The van der Waals surface area contributed by atoms with Crippen molar-refractivity contribution in [1.29, 1.82) is 0 Å². The van der Waals surface area contributed by atoms with Crippen LogP contribution in [0.15, 0.2) is 18.2 Å². The van der Waals surface area contributed by atoms with Crippen molar-refractivity contribution in [3.8, 4) is 11.5 Å². The average Bonchev–Trinajstić information content (AvgIpc) is 1.98. The Bertz CT molecular complexity index is 255. The predicted octanol–water partition coefficient (Wildman–Crippen LogP) is 0.196. The molecule has 1 rings (SSSR count). The second-order valence-corrected chi connectivity index (χ2v) is 2.36. The molecule has 0 aliphatic rings. The number of hydrogen-bond donors (Lipinski definition) is 3. The average molecular weight is 208 g/mol. The molecule has 13 heavy (non-hydrogen) atoms. The largest absolute Gasteiger partial charge is 0.504 e. The molecule has 0 saturated heterocycles. The summed E-state index contributed by atoms with van der Waals surface area (Å²) in [5, 5.41) is 18.0. The minimum Gasteiger partial charge on any atom is -0.504 e. The fourth-order valence-corrected chi connectivity index (χ4v) is 0.891. The van der Waals surface area contributed by atoms with E-state index in [2.05, 4.69) is 0 Å². The molecule has 1 aromatic rings. The number of halogens is 1. The van der Waals surface area contributed by atoms with Crippen LogP contribution in [-0.4, -0.2) is 22.2 Å². The molecule has 0 fully saturated rings. The maximum atomic E-state index is 9.04. The van der Waals surface area contributed by atoms with Crippen LogP contribution in [0.25, 0.3) is 0 Å². The molecule has 0 spiro atoms. The molecule has 0 atom stereocenters. The van der Waals surface area contributed by atoms with Crippen LogP contribution < -0.4 is 5.73 Å². The van der Waals surface area contributed by atoms with Gasteiger partial charge in [-0.05, 0) is 30.7 Å². The van der Waals surface area contributed by atoms with Crippen LogP contribution >= 0.6 is 12.4 Å². The normalized spacial score (nSPS) is 8.38. The van der Waals surface area contributed by atoms with Gasteiger partial charge in [0.2, 0.25) is 0 Å². The molecule has 76 valence electrons. The number of nitrogens with two attached hydrogens (primary N) is 1. The second kappa shape index (κ2) is 6.54. The first-order valence-electron chi connectivity index (χ1n) is 3.45. The molecule has 0 amide bonds. The molecule has 0 radical (unpaired) electrons. The van der Waals surface area contributed by atoms with E-state index in [9.17, 15) is 0 Å². The lowest BCUT2D eigenvalue weighted by atomic mass is 10.1. The van der Waals surface area contributed by atoms with E-state index in [-0.39, 0.29) is 29.4 Å². The Morgan fingerprint density at radius 1 is 1.15 bits per heavy atom. The van der Waals surface area contributed by atoms with Gasteiger partial charge < -0.3 is 21.4 Å². The number of rotatable bonds is 2. The molecule has 0 heterocycles. The highest BCUT2D eigenvalue weighted by atomic mass is 35.5. The molecule has 0 aliphatic heterocycles. The molecule has 0 bridgehead atoms. The quantitative estimate of drug-likeness (QED) is 0.604. The Balaban J connectivity index is 0. The van der Waals surface area contributed by atoms with Crippen molar-refractivity contribution in [1.82, 2.24) is 0 Å². The first-order chi connectivity index (χ1) is 5.24. The van der Waals surface area contributed by atoms with Crippen LogP contribution in [0.4, 0.5) is 0 Å². The van der Waals surface area contributed by atoms with Crippen LogP contribution in [-0.2, 0) is 6.42 Å². The van der Waals surface area contributed by atoms with Crippen LogP contribution in [0.3, 0.4) is 0 Å². The van der Waals surface area contributed by atoms with Crippen molar-refractivity contribution >= 4 is 12.4 Å². The number of phenols is 2. The van der Waals surface area contributed by atoms with Crippen LogP contribution in [0, 0.1) is 0 Å². The molecule has 4 nitrogen and oxygen atoms in total. The standard InChI is InChI=1S/C8H11NO2.ClH.H2O/c9-4-3-6-1-2-7(10)8(11)5-6;;/h1-2,5,10-11H,3-4,9H2;1H;1H2. The van der Waals surface area contributed by atoms with Gasteiger partial charge >= 0.3 is 0 Å². The summed E-state index contributed by atoms with van der Waals surface area (Å²) in [6.45, 7) is 0.546. The summed E-state index contributed by atoms with van der Waals surface area (Å²) < 4.78 is 0. The topological polar surface area (TPSA) is 98.0 Å². The SMILES string of the molecule is Cl.NCCc1ccc(O)c(O)c1.O. The monoisotopic (exact) mass is 207 g/mol. The third-order valence-corrected chi connectivity index (χ3v) is 1.47. The summed E-state index contributed by atoms with van der Waals surface area (Å²) in [6.07, 6.45) is 0.716. The summed E-state index contributed by atoms with van der Waals surface area (Å²) in [7, 11) is 0. The summed E-state index contributed by atoms with van der Waals surface area (Å²) in [5.74, 6) is -0.179. The zero-order valence-corrected chi connectivity index (χ0v) is 7.84. The second-order valence-electron chi connectivity index (χ2n) is 2.36. The predicted molar refractivity (Wildman–Crippen MR) is 53.4 cm³/mol. The number of phenolic OH excluding ortho intramolecular Hbond substituents is 2. The van der Waals surface area contributed by atoms with E-state index < -0.39 is 0 Å². The molecular formula is C8H14ClNO3. The highest BCUT2D eigenvalue weighted by Crippen LogP contribution is 2.24. The molecule has 0 aliphatic carbocycles. The maximum absolute atomic E-state index is 9.04. The minimum atomic E-state index is -0.0919. The van der Waals surface area contributed by atoms with Gasteiger partial charge in [0.15, 0.2) is 11.5 Å². The smallest absolute Gasteiger partial charge is 0.157 e. The van der Waals surface area contributed by atoms with Gasteiger partial charge in [-0.25, -0.2) is 0 Å². The van der Waals surface area contributed by atoms with E-state index in [0.717, 1.165) is 5.56 Å². The Morgan fingerprint density at radius 3 is 2.23 bits per heavy atom. The number of hydrogen-bond acceptors (Lipinski definition) is 3. The summed E-state index contributed by atoms with van der Waals surface area (Å²) in [6, 6.07) is 4.71. The van der Waals surface area contributed by atoms with Gasteiger partial charge in [0, 0.05) is 0 Å². The summed E-state index contributed by atoms with van der Waals surface area (Å²) in [5.41, 5.74) is 6.24. The van der Waals surface area contributed by atoms with Gasteiger partial charge in [0.25, 0.3) is 0 Å². The van der Waals surface area contributed by atoms with Crippen LogP contribution in [0.2, 0.25) is 0 Å². The lowest BCUT2D eigenvalue weighted by Crippen LogP contribution is -2.02. The molecule has 6 N–H and O–H groups in total. The first-order valence-corrected chi connectivity index (χ1v) is 3.45. The highest BCUT2D eigenvalue weighted by molar-refractivity contribution is 5.85. The number of aromatic hydroxyl groups is 2. The molecule has 0 saturated carbocycles. The van der Waals surface area contributed by atoms with Gasteiger partial charge in [-0.1, -0.05) is 6.07 Å². The third kappa shape index (κ3) is 3.98. The number of benzene rings is 1. The molecule has 0 aromatic heterocycles. The van der Waals surface area contributed by atoms with E-state index >= 15 is 0 Å². The van der Waals surface area contributed by atoms with E-state index in [4.69, 9.17) is 15.9 Å². The lowest BCUT2D eigenvalue weighted by Gasteiger charge is -2.00. The van der Waals surface area contributed by atoms with Crippen LogP contribution in [0.5, 0.6) is 11.5 Å². The van der Waals surface area contributed by atoms with Crippen molar-refractivity contribution in [2.75, 3.05) is 6.54 Å². The Kier molecular flexibility index (Phi) is 7.31. The van der Waals surface area contributed by atoms with E-state index in [1.54, 1.807) is 6.07 Å². The van der Waals surface area contributed by atoms with Gasteiger partial charge in [0.1, 0.15) is 0 Å². The Labute approximate surface area is 82.7 Å². The Hall–Kier alpha value is -0.970. The van der Waals surface area contributed by atoms with Crippen molar-refractivity contribution in [2.45, 2.75) is 6.42 Å². The fourth-order valence-electron chi connectivity index (χ4n) is 0.891. The third-order valence-electron chi connectivity index (χ3n) is 1.47. The van der Waals surface area contributed by atoms with Gasteiger partial charge in [-0.15, -0.1) is 12.4 Å². The van der Waals surface area contributed by atoms with E-state index in [0.29, 0.717) is 13.0 Å². The first kappa shape index (κ1) is 14.5. The van der Waals surface area contributed by atoms with Crippen molar-refractivity contribution in [3.05, 3.63) is 23.8 Å². The zero-order chi connectivity index (χ0) is 8.27. The molecule has 0 unspecified atom stereocenters. The minimum absolute atomic E-state index is 0. The Morgan fingerprint density at radius 2 is 1.77 bits per heavy atom. The fraction of sp³-hybridized carbons (Fsp3) is 0.250. The van der Waals surface area contributed by atoms with Crippen molar-refractivity contribution in [3.63, 3.8) is 0 Å². The highest BCUT2D eigenvalue weighted by Gasteiger charge is 1.98. The summed E-state index contributed by atoms with van der Waals surface area (Å²) in [4.78, 5) is 0. The van der Waals surface area contributed by atoms with Crippen LogP contribution in [0.1, 0.15) is 5.56 Å². The van der Waals surface area contributed by atoms with E-state index in [1.165, 1.54) is 12.1 Å². The van der Waals surface area contributed by atoms with Gasteiger partial charge in [0.05, 0.1) is 0 Å². The van der Waals surface area contributed by atoms with E-state index in [1.807, 2.05) is 0 Å². The maximum Gasteiger partial charge on any atom is 0.157 e. The van der Waals surface area contributed by atoms with Crippen molar-refractivity contribution in [2.24, 2.45) is 5.73 Å². The van der Waals surface area contributed by atoms with Gasteiger partial charge in [-0.3, -0.25) is 0 Å². The molecule has 1 aromatic carbocycles. The van der Waals surface area contributed by atoms with Gasteiger partial charge in [-0.2, -0.15) is 0 Å². The molecular weight excluding hydrogens is 194 g/mol.